The molecule has 0 bridgehead atoms. The van der Waals surface area contributed by atoms with Gasteiger partial charge < -0.3 is 9.47 Å². The Labute approximate surface area is 182 Å². The molecule has 0 aliphatic heterocycles. The molecule has 0 saturated carbocycles. The summed E-state index contributed by atoms with van der Waals surface area (Å²) in [5, 5.41) is 9.75. The number of hydrogen-bond donors (Lipinski definition) is 0. The molecule has 152 valence electrons. The largest absolute Gasteiger partial charge is 0.493 e. The number of hydrogen-bond acceptors (Lipinski definition) is 6. The van der Waals surface area contributed by atoms with Gasteiger partial charge in [-0.3, -0.25) is 9.69 Å². The van der Waals surface area contributed by atoms with Gasteiger partial charge >= 0.3 is 0 Å². The van der Waals surface area contributed by atoms with Crippen LogP contribution in [0.2, 0.25) is 0 Å². The smallest absolute Gasteiger partial charge is 0.228 e. The van der Waals surface area contributed by atoms with E-state index in [-0.39, 0.29) is 5.91 Å². The summed E-state index contributed by atoms with van der Waals surface area (Å²) in [6.45, 7) is 2.50. The maximum absolute atomic E-state index is 12.6. The highest BCUT2D eigenvalue weighted by molar-refractivity contribution is 9.10. The summed E-state index contributed by atoms with van der Waals surface area (Å²) in [6, 6.07) is 13.6. The maximum atomic E-state index is 12.6. The lowest BCUT2D eigenvalue weighted by Crippen LogP contribution is -2.26. The van der Waals surface area contributed by atoms with Crippen LogP contribution < -0.4 is 14.4 Å². The van der Waals surface area contributed by atoms with Crippen LogP contribution in [0.4, 0.5) is 5.13 Å². The summed E-state index contributed by atoms with van der Waals surface area (Å²) in [6.07, 6.45) is 0.963. The van der Waals surface area contributed by atoms with E-state index in [1.54, 1.807) is 19.1 Å². The minimum atomic E-state index is -0.0173. The molecule has 3 rings (SSSR count). The van der Waals surface area contributed by atoms with Crippen molar-refractivity contribution in [1.82, 2.24) is 10.2 Å². The third-order valence-corrected chi connectivity index (χ3v) is 5.90. The van der Waals surface area contributed by atoms with E-state index < -0.39 is 0 Å². The first-order chi connectivity index (χ1) is 14.0. The Kier molecular flexibility index (Phi) is 7.22. The molecule has 6 nitrogen and oxygen atoms in total. The van der Waals surface area contributed by atoms with E-state index >= 15 is 0 Å². The molecule has 1 heterocycles. The third kappa shape index (κ3) is 5.33. The van der Waals surface area contributed by atoms with Crippen LogP contribution in [0.15, 0.2) is 46.9 Å². The minimum absolute atomic E-state index is 0.0173. The van der Waals surface area contributed by atoms with Crippen molar-refractivity contribution in [3.05, 3.63) is 52.5 Å². The van der Waals surface area contributed by atoms with Crippen LogP contribution in [0.5, 0.6) is 11.5 Å². The topological polar surface area (TPSA) is 64.5 Å². The Balaban J connectivity index is 1.63. The van der Waals surface area contributed by atoms with E-state index in [0.717, 1.165) is 20.6 Å². The SMILES string of the molecule is CCOc1ccc(CCC(=O)N(C)c2nnc(-c3ccc(Br)cc3)s2)cc1OC. The Bertz CT molecular complexity index is 976. The van der Waals surface area contributed by atoms with Gasteiger partial charge in [-0.15, -0.1) is 10.2 Å². The van der Waals surface area contributed by atoms with Gasteiger partial charge in [0.25, 0.3) is 0 Å². The highest BCUT2D eigenvalue weighted by atomic mass is 79.9. The van der Waals surface area contributed by atoms with Crippen LogP contribution in [-0.4, -0.2) is 36.9 Å². The summed E-state index contributed by atoms with van der Waals surface area (Å²) in [5.41, 5.74) is 1.99. The monoisotopic (exact) mass is 475 g/mol. The van der Waals surface area contributed by atoms with Crippen LogP contribution >= 0.6 is 27.3 Å². The van der Waals surface area contributed by atoms with Crippen molar-refractivity contribution in [1.29, 1.82) is 0 Å². The summed E-state index contributed by atoms with van der Waals surface area (Å²) in [7, 11) is 3.34. The van der Waals surface area contributed by atoms with Gasteiger partial charge in [-0.25, -0.2) is 0 Å². The first kappa shape index (κ1) is 21.3. The number of aromatic nitrogens is 2. The second-order valence-corrected chi connectivity index (χ2v) is 8.14. The zero-order valence-electron chi connectivity index (χ0n) is 16.5. The van der Waals surface area contributed by atoms with Crippen molar-refractivity contribution in [3.8, 4) is 22.1 Å². The van der Waals surface area contributed by atoms with E-state index in [2.05, 4.69) is 26.1 Å². The minimum Gasteiger partial charge on any atom is -0.493 e. The number of methoxy groups -OCH3 is 1. The summed E-state index contributed by atoms with van der Waals surface area (Å²) >= 11 is 4.82. The molecule has 0 aliphatic rings. The number of rotatable bonds is 8. The van der Waals surface area contributed by atoms with E-state index in [4.69, 9.17) is 9.47 Å². The highest BCUT2D eigenvalue weighted by Crippen LogP contribution is 2.30. The van der Waals surface area contributed by atoms with Crippen molar-refractivity contribution in [2.24, 2.45) is 0 Å². The Morgan fingerprint density at radius 2 is 1.90 bits per heavy atom. The van der Waals surface area contributed by atoms with Crippen LogP contribution in [0.1, 0.15) is 18.9 Å². The maximum Gasteiger partial charge on any atom is 0.228 e. The number of benzene rings is 2. The van der Waals surface area contributed by atoms with Crippen LogP contribution in [0.25, 0.3) is 10.6 Å². The molecule has 0 saturated heterocycles. The molecular weight excluding hydrogens is 454 g/mol. The summed E-state index contributed by atoms with van der Waals surface area (Å²) in [5.74, 6) is 1.36. The van der Waals surface area contributed by atoms with Gasteiger partial charge in [0.15, 0.2) is 11.5 Å². The van der Waals surface area contributed by atoms with Gasteiger partial charge in [0.2, 0.25) is 11.0 Å². The van der Waals surface area contributed by atoms with Gasteiger partial charge in [-0.2, -0.15) is 0 Å². The predicted octanol–water partition coefficient (Wildman–Crippen LogP) is 4.97. The number of carbonyl (C=O) groups is 1. The number of amides is 1. The second kappa shape index (κ2) is 9.84. The average Bonchev–Trinajstić information content (AvgIpc) is 3.23. The fraction of sp³-hybridized carbons (Fsp3) is 0.286. The van der Waals surface area contributed by atoms with Crippen LogP contribution in [0.3, 0.4) is 0 Å². The molecule has 3 aromatic rings. The van der Waals surface area contributed by atoms with Gasteiger partial charge in [0, 0.05) is 23.5 Å². The average molecular weight is 476 g/mol. The molecule has 0 N–H and O–H groups in total. The van der Waals surface area contributed by atoms with Gasteiger partial charge in [-0.1, -0.05) is 45.5 Å². The molecule has 2 aromatic carbocycles. The Morgan fingerprint density at radius 3 is 2.59 bits per heavy atom. The Hall–Kier alpha value is -2.45. The predicted molar refractivity (Wildman–Crippen MR) is 119 cm³/mol. The molecular formula is C21H22BrN3O3S. The first-order valence-electron chi connectivity index (χ1n) is 9.17. The van der Waals surface area contributed by atoms with E-state index in [9.17, 15) is 4.79 Å². The normalized spacial score (nSPS) is 10.6. The summed E-state index contributed by atoms with van der Waals surface area (Å²) < 4.78 is 11.9. The lowest BCUT2D eigenvalue weighted by atomic mass is 10.1. The Morgan fingerprint density at radius 1 is 1.14 bits per heavy atom. The summed E-state index contributed by atoms with van der Waals surface area (Å²) in [4.78, 5) is 14.2. The van der Waals surface area contributed by atoms with Crippen LogP contribution in [-0.2, 0) is 11.2 Å². The van der Waals surface area contributed by atoms with Gasteiger partial charge in [-0.05, 0) is 43.2 Å². The fourth-order valence-electron chi connectivity index (χ4n) is 2.73. The lowest BCUT2D eigenvalue weighted by molar-refractivity contribution is -0.118. The fourth-order valence-corrected chi connectivity index (χ4v) is 3.82. The molecule has 0 fully saturated rings. The number of carbonyl (C=O) groups excluding carboxylic acids is 1. The zero-order valence-corrected chi connectivity index (χ0v) is 18.9. The zero-order chi connectivity index (χ0) is 20.8. The van der Waals surface area contributed by atoms with E-state index in [0.29, 0.717) is 36.1 Å². The van der Waals surface area contributed by atoms with Crippen molar-refractivity contribution in [2.75, 3.05) is 25.7 Å². The first-order valence-corrected chi connectivity index (χ1v) is 10.8. The van der Waals surface area contributed by atoms with Gasteiger partial charge in [0.1, 0.15) is 5.01 Å². The number of aryl methyl sites for hydroxylation is 1. The lowest BCUT2D eigenvalue weighted by Gasteiger charge is -2.14. The molecule has 1 amide bonds. The quantitative estimate of drug-likeness (QED) is 0.460. The van der Waals surface area contributed by atoms with Crippen molar-refractivity contribution in [3.63, 3.8) is 0 Å². The van der Waals surface area contributed by atoms with E-state index in [1.165, 1.54) is 11.3 Å². The molecule has 1 aromatic heterocycles. The molecule has 0 spiro atoms. The molecule has 8 heteroatoms. The molecule has 0 unspecified atom stereocenters. The molecule has 0 aliphatic carbocycles. The molecule has 29 heavy (non-hydrogen) atoms. The number of ether oxygens (including phenoxy) is 2. The third-order valence-electron chi connectivity index (χ3n) is 4.32. The van der Waals surface area contributed by atoms with Crippen molar-refractivity contribution < 1.29 is 14.3 Å². The molecule has 0 radical (unpaired) electrons. The number of nitrogens with zero attached hydrogens (tertiary/aromatic N) is 3. The molecule has 0 atom stereocenters. The van der Waals surface area contributed by atoms with Crippen molar-refractivity contribution >= 4 is 38.3 Å². The number of anilines is 1. The number of halogens is 1. The standard InChI is InChI=1S/C21H22BrN3O3S/c1-4-28-17-11-5-14(13-18(17)27-3)6-12-19(26)25(2)21-24-23-20(29-21)15-7-9-16(22)10-8-15/h5,7-11,13H,4,6,12H2,1-3H3. The highest BCUT2D eigenvalue weighted by Gasteiger charge is 2.17. The van der Waals surface area contributed by atoms with Gasteiger partial charge in [0.05, 0.1) is 13.7 Å². The van der Waals surface area contributed by atoms with Crippen molar-refractivity contribution in [2.45, 2.75) is 19.8 Å². The van der Waals surface area contributed by atoms with Crippen LogP contribution in [0, 0.1) is 0 Å². The van der Waals surface area contributed by atoms with E-state index in [1.807, 2.05) is 49.4 Å². The second-order valence-electron chi connectivity index (χ2n) is 6.27.